The number of hydrogen-bond donors (Lipinski definition) is 2. The normalized spacial score (nSPS) is 38.1. The number of carbonyl (C=O) groups is 3. The van der Waals surface area contributed by atoms with Crippen molar-refractivity contribution >= 4 is 17.8 Å². The van der Waals surface area contributed by atoms with E-state index in [1.165, 1.54) is 7.11 Å². The molecule has 7 nitrogen and oxygen atoms in total. The number of hydrogen-bond acceptors (Lipinski definition) is 6. The van der Waals surface area contributed by atoms with Gasteiger partial charge in [0.2, 0.25) is 11.4 Å². The molecule has 0 aromatic carbocycles. The summed E-state index contributed by atoms with van der Waals surface area (Å²) in [5, 5.41) is 13.5. The highest BCUT2D eigenvalue weighted by Crippen LogP contribution is 2.53. The second kappa shape index (κ2) is 5.47. The predicted molar refractivity (Wildman–Crippen MR) is 78.1 cm³/mol. The number of fused-ring (bicyclic) bond motifs is 1. The maximum atomic E-state index is 12.4. The number of carbonyl (C=O) groups excluding carboxylic acids is 3. The van der Waals surface area contributed by atoms with Crippen molar-refractivity contribution in [3.63, 3.8) is 0 Å². The number of aliphatic hydroxyl groups is 1. The number of nitrogens with one attached hydrogen (secondary N) is 1. The van der Waals surface area contributed by atoms with Crippen molar-refractivity contribution in [1.29, 1.82) is 0 Å². The lowest BCUT2D eigenvalue weighted by atomic mass is 9.64. The monoisotopic (exact) mass is 325 g/mol. The summed E-state index contributed by atoms with van der Waals surface area (Å²) in [5.74, 6) is -2.49. The highest BCUT2D eigenvalue weighted by molar-refractivity contribution is 6.02. The van der Waals surface area contributed by atoms with Crippen molar-refractivity contribution in [3.05, 3.63) is 0 Å². The quantitative estimate of drug-likeness (QED) is 0.721. The molecule has 23 heavy (non-hydrogen) atoms. The molecule has 3 rings (SSSR count). The van der Waals surface area contributed by atoms with Crippen LogP contribution in [-0.4, -0.2) is 47.3 Å². The summed E-state index contributed by atoms with van der Waals surface area (Å²) in [6.07, 6.45) is 3.60. The maximum absolute atomic E-state index is 12.4. The van der Waals surface area contributed by atoms with Crippen molar-refractivity contribution in [2.45, 2.75) is 62.7 Å². The highest BCUT2D eigenvalue weighted by atomic mass is 16.6. The summed E-state index contributed by atoms with van der Waals surface area (Å²) in [7, 11) is 1.24. The third-order valence-corrected chi connectivity index (χ3v) is 5.85. The molecule has 1 aliphatic carbocycles. The van der Waals surface area contributed by atoms with Gasteiger partial charge in [0.25, 0.3) is 0 Å². The third-order valence-electron chi connectivity index (χ3n) is 5.85. The Bertz CT molecular complexity index is 543. The zero-order valence-corrected chi connectivity index (χ0v) is 13.5. The molecule has 128 valence electrons. The summed E-state index contributed by atoms with van der Waals surface area (Å²) in [5.41, 5.74) is -2.66. The van der Waals surface area contributed by atoms with Crippen LogP contribution in [0, 0.1) is 11.8 Å². The van der Waals surface area contributed by atoms with Crippen LogP contribution in [0.4, 0.5) is 0 Å². The summed E-state index contributed by atoms with van der Waals surface area (Å²) >= 11 is 0. The minimum absolute atomic E-state index is 0.0481. The van der Waals surface area contributed by atoms with Gasteiger partial charge in [-0.3, -0.25) is 9.59 Å². The number of methoxy groups -OCH3 is 1. The molecular formula is C16H23NO6. The Balaban J connectivity index is 1.89. The summed E-state index contributed by atoms with van der Waals surface area (Å²) in [6, 6.07) is 0. The van der Waals surface area contributed by atoms with Gasteiger partial charge in [-0.25, -0.2) is 4.79 Å². The SMILES string of the molecule is COC(=O)C[C@H]1C(=O)N[C@@]2([C@@H](O)C3CCCCC3)C(=O)O[C@@]12C. The van der Waals surface area contributed by atoms with E-state index < -0.39 is 41.0 Å². The van der Waals surface area contributed by atoms with E-state index in [1.807, 2.05) is 0 Å². The van der Waals surface area contributed by atoms with Crippen LogP contribution >= 0.6 is 0 Å². The molecule has 2 aliphatic heterocycles. The molecule has 3 fully saturated rings. The molecule has 0 unspecified atom stereocenters. The molecule has 0 aromatic heterocycles. The van der Waals surface area contributed by atoms with E-state index in [-0.39, 0.29) is 12.3 Å². The first-order chi connectivity index (χ1) is 10.9. The fourth-order valence-electron chi connectivity index (χ4n) is 4.39. The second-order valence-electron chi connectivity index (χ2n) is 6.97. The molecule has 0 aromatic rings. The van der Waals surface area contributed by atoms with Gasteiger partial charge in [-0.1, -0.05) is 19.3 Å². The van der Waals surface area contributed by atoms with Crippen molar-refractivity contribution < 1.29 is 29.0 Å². The fourth-order valence-corrected chi connectivity index (χ4v) is 4.39. The van der Waals surface area contributed by atoms with Gasteiger partial charge in [0.05, 0.1) is 25.6 Å². The zero-order valence-electron chi connectivity index (χ0n) is 13.5. The number of aliphatic hydroxyl groups excluding tert-OH is 1. The molecule has 3 aliphatic rings. The number of amides is 1. The minimum Gasteiger partial charge on any atom is -0.469 e. The first-order valence-corrected chi connectivity index (χ1v) is 8.17. The Morgan fingerprint density at radius 3 is 2.61 bits per heavy atom. The molecule has 1 amide bonds. The largest absolute Gasteiger partial charge is 0.469 e. The molecule has 7 heteroatoms. The van der Waals surface area contributed by atoms with E-state index in [2.05, 4.69) is 10.1 Å². The van der Waals surface area contributed by atoms with Crippen LogP contribution in [0.25, 0.3) is 0 Å². The van der Waals surface area contributed by atoms with Gasteiger partial charge in [0.1, 0.15) is 0 Å². The zero-order chi connectivity index (χ0) is 16.8. The first kappa shape index (κ1) is 16.2. The average Bonchev–Trinajstić information content (AvgIpc) is 2.72. The Hall–Kier alpha value is -1.63. The Labute approximate surface area is 134 Å². The molecule has 0 bridgehead atoms. The lowest BCUT2D eigenvalue weighted by Crippen LogP contribution is -2.80. The fraction of sp³-hybridized carbons (Fsp3) is 0.812. The smallest absolute Gasteiger partial charge is 0.339 e. The molecule has 2 heterocycles. The van der Waals surface area contributed by atoms with Crippen molar-refractivity contribution in [2.24, 2.45) is 11.8 Å². The Morgan fingerprint density at radius 2 is 2.04 bits per heavy atom. The van der Waals surface area contributed by atoms with E-state index in [4.69, 9.17) is 4.74 Å². The molecule has 2 saturated heterocycles. The van der Waals surface area contributed by atoms with Gasteiger partial charge < -0.3 is 19.9 Å². The van der Waals surface area contributed by atoms with E-state index in [9.17, 15) is 19.5 Å². The van der Waals surface area contributed by atoms with Gasteiger partial charge in [-0.15, -0.1) is 0 Å². The van der Waals surface area contributed by atoms with E-state index in [1.54, 1.807) is 6.92 Å². The minimum atomic E-state index is -1.44. The number of ether oxygens (including phenoxy) is 2. The maximum Gasteiger partial charge on any atom is 0.339 e. The van der Waals surface area contributed by atoms with Crippen LogP contribution < -0.4 is 5.32 Å². The van der Waals surface area contributed by atoms with E-state index in [0.717, 1.165) is 32.1 Å². The van der Waals surface area contributed by atoms with Crippen molar-refractivity contribution in [2.75, 3.05) is 7.11 Å². The van der Waals surface area contributed by atoms with Crippen LogP contribution in [0.5, 0.6) is 0 Å². The first-order valence-electron chi connectivity index (χ1n) is 8.17. The summed E-state index contributed by atoms with van der Waals surface area (Å²) in [6.45, 7) is 1.62. The van der Waals surface area contributed by atoms with Crippen molar-refractivity contribution in [3.8, 4) is 0 Å². The third kappa shape index (κ3) is 2.09. The predicted octanol–water partition coefficient (Wildman–Crippen LogP) is 0.291. The highest BCUT2D eigenvalue weighted by Gasteiger charge is 2.79. The molecule has 2 N–H and O–H groups in total. The number of esters is 2. The average molecular weight is 325 g/mol. The van der Waals surface area contributed by atoms with Crippen LogP contribution in [-0.2, 0) is 23.9 Å². The summed E-state index contributed by atoms with van der Waals surface area (Å²) in [4.78, 5) is 36.2. The lowest BCUT2D eigenvalue weighted by molar-refractivity contribution is -0.240. The van der Waals surface area contributed by atoms with Gasteiger partial charge in [0.15, 0.2) is 5.60 Å². The van der Waals surface area contributed by atoms with Crippen molar-refractivity contribution in [1.82, 2.24) is 5.32 Å². The molecular weight excluding hydrogens is 302 g/mol. The van der Waals surface area contributed by atoms with Gasteiger partial charge in [0, 0.05) is 0 Å². The second-order valence-corrected chi connectivity index (χ2v) is 6.97. The van der Waals surface area contributed by atoms with Gasteiger partial charge >= 0.3 is 11.9 Å². The van der Waals surface area contributed by atoms with Gasteiger partial charge in [-0.2, -0.15) is 0 Å². The van der Waals surface area contributed by atoms with E-state index in [0.29, 0.717) is 0 Å². The van der Waals surface area contributed by atoms with Crippen LogP contribution in [0.1, 0.15) is 45.4 Å². The molecule has 1 saturated carbocycles. The van der Waals surface area contributed by atoms with Crippen LogP contribution in [0.15, 0.2) is 0 Å². The van der Waals surface area contributed by atoms with Crippen LogP contribution in [0.2, 0.25) is 0 Å². The van der Waals surface area contributed by atoms with Gasteiger partial charge in [-0.05, 0) is 25.7 Å². The Kier molecular flexibility index (Phi) is 3.86. The molecule has 0 radical (unpaired) electrons. The topological polar surface area (TPSA) is 102 Å². The van der Waals surface area contributed by atoms with E-state index >= 15 is 0 Å². The Morgan fingerprint density at radius 1 is 1.39 bits per heavy atom. The number of rotatable bonds is 4. The molecule has 0 spiro atoms. The summed E-state index contributed by atoms with van der Waals surface area (Å²) < 4.78 is 9.93. The lowest BCUT2D eigenvalue weighted by Gasteiger charge is -2.54. The standard InChI is InChI=1S/C16H23NO6/c1-15-10(8-11(18)22-2)13(20)17-16(15,14(21)23-15)12(19)9-6-4-3-5-7-9/h9-10,12,19H,3-8H2,1-2H3,(H,17,20)/t10-,12-,15-,16-/m0/s1. The molecule has 4 atom stereocenters. The van der Waals surface area contributed by atoms with Crippen LogP contribution in [0.3, 0.4) is 0 Å².